The molecule has 0 saturated heterocycles. The van der Waals surface area contributed by atoms with E-state index in [0.29, 0.717) is 5.92 Å². The van der Waals surface area contributed by atoms with Crippen molar-refractivity contribution < 1.29 is 4.79 Å². The molecule has 2 atom stereocenters. The van der Waals surface area contributed by atoms with E-state index in [-0.39, 0.29) is 18.0 Å². The fraction of sp³-hybridized carbons (Fsp3) is 0.900. The number of nitrogens with one attached hydrogen (secondary N) is 1. The third-order valence-corrected chi connectivity index (χ3v) is 3.10. The first-order valence-corrected chi connectivity index (χ1v) is 5.33. The molecule has 3 nitrogen and oxygen atoms in total. The van der Waals surface area contributed by atoms with E-state index in [0.717, 1.165) is 25.7 Å². The first-order chi connectivity index (χ1) is 6.27. The lowest BCUT2D eigenvalue weighted by molar-refractivity contribution is -0.123. The van der Waals surface area contributed by atoms with Gasteiger partial charge in [-0.05, 0) is 25.7 Å². The molecule has 74 valence electrons. The highest BCUT2D eigenvalue weighted by Crippen LogP contribution is 2.29. The fourth-order valence-electron chi connectivity index (χ4n) is 1.98. The molecule has 0 radical (unpaired) electrons. The molecule has 0 spiro atoms. The fourth-order valence-corrected chi connectivity index (χ4v) is 1.98. The maximum Gasteiger partial charge on any atom is 0.223 e. The van der Waals surface area contributed by atoms with E-state index < -0.39 is 0 Å². The Bertz CT molecular complexity index is 201. The smallest absolute Gasteiger partial charge is 0.223 e. The van der Waals surface area contributed by atoms with Crippen molar-refractivity contribution in [1.82, 2.24) is 5.32 Å². The Hall–Kier alpha value is -0.570. The van der Waals surface area contributed by atoms with Gasteiger partial charge in [0, 0.05) is 18.0 Å². The third-order valence-electron chi connectivity index (χ3n) is 3.10. The van der Waals surface area contributed by atoms with Gasteiger partial charge in [-0.2, -0.15) is 0 Å². The summed E-state index contributed by atoms with van der Waals surface area (Å²) in [4.78, 5) is 11.5. The molecule has 0 aromatic carbocycles. The number of amides is 1. The van der Waals surface area contributed by atoms with E-state index in [4.69, 9.17) is 5.73 Å². The molecule has 2 rings (SSSR count). The quantitative estimate of drug-likeness (QED) is 0.663. The van der Waals surface area contributed by atoms with Gasteiger partial charge in [0.25, 0.3) is 0 Å². The summed E-state index contributed by atoms with van der Waals surface area (Å²) in [6, 6.07) is 0.443. The van der Waals surface area contributed by atoms with Crippen LogP contribution in [0.5, 0.6) is 0 Å². The first kappa shape index (κ1) is 9.00. The highest BCUT2D eigenvalue weighted by molar-refractivity contribution is 5.81. The Morgan fingerprint density at radius 3 is 2.46 bits per heavy atom. The molecule has 0 aliphatic heterocycles. The molecule has 2 aliphatic carbocycles. The predicted octanol–water partition coefficient (Wildman–Crippen LogP) is 0.782. The topological polar surface area (TPSA) is 55.1 Å². The van der Waals surface area contributed by atoms with Crippen LogP contribution < -0.4 is 11.1 Å². The molecule has 2 saturated carbocycles. The van der Waals surface area contributed by atoms with E-state index in [1.54, 1.807) is 0 Å². The second-order valence-electron chi connectivity index (χ2n) is 4.34. The van der Waals surface area contributed by atoms with Crippen molar-refractivity contribution >= 4 is 5.91 Å². The lowest BCUT2D eigenvalue weighted by Crippen LogP contribution is -2.49. The molecule has 2 aliphatic rings. The number of nitrogens with two attached hydrogens (primary N) is 1. The van der Waals surface area contributed by atoms with E-state index in [1.165, 1.54) is 12.8 Å². The van der Waals surface area contributed by atoms with Crippen molar-refractivity contribution in [2.45, 2.75) is 50.6 Å². The van der Waals surface area contributed by atoms with Gasteiger partial charge >= 0.3 is 0 Å². The molecule has 3 N–H and O–H groups in total. The highest BCUT2D eigenvalue weighted by atomic mass is 16.2. The van der Waals surface area contributed by atoms with Crippen molar-refractivity contribution in [3.8, 4) is 0 Å². The van der Waals surface area contributed by atoms with E-state index in [2.05, 4.69) is 5.32 Å². The number of hydrogen-bond acceptors (Lipinski definition) is 2. The van der Waals surface area contributed by atoms with Crippen LogP contribution in [-0.4, -0.2) is 18.0 Å². The standard InChI is InChI=1S/C10H18N2O/c11-8-3-1-2-4-9(8)12-10(13)7-5-6-7/h7-9H,1-6,11H2,(H,12,13). The summed E-state index contributed by atoms with van der Waals surface area (Å²) in [6.07, 6.45) is 6.72. The average Bonchev–Trinajstić information content (AvgIpc) is 2.91. The SMILES string of the molecule is NC1CCCCC1NC(=O)C1CC1. The van der Waals surface area contributed by atoms with Crippen molar-refractivity contribution in [1.29, 1.82) is 0 Å². The van der Waals surface area contributed by atoms with Crippen molar-refractivity contribution in [3.05, 3.63) is 0 Å². The summed E-state index contributed by atoms with van der Waals surface area (Å²) in [5.41, 5.74) is 5.93. The minimum atomic E-state index is 0.191. The average molecular weight is 182 g/mol. The zero-order valence-corrected chi connectivity index (χ0v) is 7.96. The Morgan fingerprint density at radius 1 is 1.15 bits per heavy atom. The summed E-state index contributed by atoms with van der Waals surface area (Å²) in [7, 11) is 0. The molecule has 1 amide bonds. The van der Waals surface area contributed by atoms with Gasteiger partial charge in [0.05, 0.1) is 0 Å². The van der Waals surface area contributed by atoms with Gasteiger partial charge in [0.1, 0.15) is 0 Å². The van der Waals surface area contributed by atoms with Crippen LogP contribution in [0.3, 0.4) is 0 Å². The minimum Gasteiger partial charge on any atom is -0.352 e. The molecular weight excluding hydrogens is 164 g/mol. The number of carbonyl (C=O) groups excluding carboxylic acids is 1. The van der Waals surface area contributed by atoms with Crippen molar-refractivity contribution in [2.75, 3.05) is 0 Å². The molecule has 2 unspecified atom stereocenters. The Morgan fingerprint density at radius 2 is 1.85 bits per heavy atom. The lowest BCUT2D eigenvalue weighted by atomic mass is 9.91. The van der Waals surface area contributed by atoms with Crippen molar-refractivity contribution in [3.63, 3.8) is 0 Å². The lowest BCUT2D eigenvalue weighted by Gasteiger charge is -2.29. The Labute approximate surface area is 79.1 Å². The minimum absolute atomic E-state index is 0.191. The molecule has 13 heavy (non-hydrogen) atoms. The second-order valence-corrected chi connectivity index (χ2v) is 4.34. The summed E-state index contributed by atoms with van der Waals surface area (Å²) in [6.45, 7) is 0. The normalized spacial score (nSPS) is 34.2. The van der Waals surface area contributed by atoms with Gasteiger partial charge in [-0.25, -0.2) is 0 Å². The molecule has 0 bridgehead atoms. The van der Waals surface area contributed by atoms with E-state index in [9.17, 15) is 4.79 Å². The zero-order valence-electron chi connectivity index (χ0n) is 7.96. The number of rotatable bonds is 2. The molecule has 0 aromatic heterocycles. The first-order valence-electron chi connectivity index (χ1n) is 5.33. The Balaban J connectivity index is 1.81. The van der Waals surface area contributed by atoms with E-state index in [1.807, 2.05) is 0 Å². The van der Waals surface area contributed by atoms with Crippen LogP contribution in [0, 0.1) is 5.92 Å². The number of carbonyl (C=O) groups is 1. The van der Waals surface area contributed by atoms with Crippen LogP contribution in [-0.2, 0) is 4.79 Å². The summed E-state index contributed by atoms with van der Waals surface area (Å²) >= 11 is 0. The van der Waals surface area contributed by atoms with Crippen LogP contribution in [0.1, 0.15) is 38.5 Å². The number of hydrogen-bond donors (Lipinski definition) is 2. The second kappa shape index (κ2) is 3.66. The van der Waals surface area contributed by atoms with Gasteiger partial charge in [-0.3, -0.25) is 4.79 Å². The van der Waals surface area contributed by atoms with Gasteiger partial charge in [-0.1, -0.05) is 12.8 Å². The van der Waals surface area contributed by atoms with E-state index >= 15 is 0 Å². The molecular formula is C10H18N2O. The Kier molecular flexibility index (Phi) is 2.54. The van der Waals surface area contributed by atoms with Gasteiger partial charge in [0.2, 0.25) is 5.91 Å². The van der Waals surface area contributed by atoms with Crippen LogP contribution in [0.15, 0.2) is 0 Å². The maximum atomic E-state index is 11.5. The van der Waals surface area contributed by atoms with Crippen LogP contribution in [0.25, 0.3) is 0 Å². The summed E-state index contributed by atoms with van der Waals surface area (Å²) in [5.74, 6) is 0.552. The molecule has 2 fully saturated rings. The van der Waals surface area contributed by atoms with Crippen LogP contribution in [0.4, 0.5) is 0 Å². The van der Waals surface area contributed by atoms with Crippen molar-refractivity contribution in [2.24, 2.45) is 11.7 Å². The van der Waals surface area contributed by atoms with Gasteiger partial charge in [0.15, 0.2) is 0 Å². The highest BCUT2D eigenvalue weighted by Gasteiger charge is 2.32. The molecule has 0 aromatic rings. The molecule has 3 heteroatoms. The predicted molar refractivity (Wildman–Crippen MR) is 51.1 cm³/mol. The van der Waals surface area contributed by atoms with Crippen LogP contribution >= 0.6 is 0 Å². The van der Waals surface area contributed by atoms with Gasteiger partial charge in [-0.15, -0.1) is 0 Å². The maximum absolute atomic E-state index is 11.5. The van der Waals surface area contributed by atoms with Crippen LogP contribution in [0.2, 0.25) is 0 Å². The summed E-state index contributed by atoms with van der Waals surface area (Å²) in [5, 5.41) is 3.07. The third kappa shape index (κ3) is 2.21. The zero-order chi connectivity index (χ0) is 9.26. The largest absolute Gasteiger partial charge is 0.352 e. The molecule has 0 heterocycles. The summed E-state index contributed by atoms with van der Waals surface area (Å²) < 4.78 is 0. The monoisotopic (exact) mass is 182 g/mol. The van der Waals surface area contributed by atoms with Gasteiger partial charge < -0.3 is 11.1 Å².